The average molecular weight is 305 g/mol. The first-order valence-corrected chi connectivity index (χ1v) is 8.17. The number of fused-ring (bicyclic) bond motifs is 3. The Morgan fingerprint density at radius 2 is 1.86 bits per heavy atom. The van der Waals surface area contributed by atoms with E-state index in [4.69, 9.17) is 0 Å². The quantitative estimate of drug-likeness (QED) is 0.562. The van der Waals surface area contributed by atoms with Crippen LogP contribution in [0.2, 0.25) is 0 Å². The normalized spacial score (nSPS) is 11.9. The molecule has 0 aliphatic heterocycles. The minimum atomic E-state index is -0.0290. The summed E-state index contributed by atoms with van der Waals surface area (Å²) in [6, 6.07) is 16.6. The molecule has 1 aromatic heterocycles. The van der Waals surface area contributed by atoms with Crippen molar-refractivity contribution in [3.05, 3.63) is 75.5 Å². The highest BCUT2D eigenvalue weighted by Crippen LogP contribution is 2.37. The summed E-state index contributed by atoms with van der Waals surface area (Å²) in [4.78, 5) is 13.1. The summed E-state index contributed by atoms with van der Waals surface area (Å²) in [5, 5.41) is 4.96. The SMILES string of the molecule is Cc1ccsc1C(=O)Nc1ccc2c(c1)-c1ccccc1C2. The first kappa shape index (κ1) is 13.3. The van der Waals surface area contributed by atoms with Crippen molar-refractivity contribution in [3.8, 4) is 11.1 Å². The van der Waals surface area contributed by atoms with E-state index in [9.17, 15) is 4.79 Å². The van der Waals surface area contributed by atoms with Crippen molar-refractivity contribution in [3.63, 3.8) is 0 Å². The zero-order chi connectivity index (χ0) is 15.1. The largest absolute Gasteiger partial charge is 0.321 e. The summed E-state index contributed by atoms with van der Waals surface area (Å²) in [5.74, 6) is -0.0290. The van der Waals surface area contributed by atoms with Crippen LogP contribution in [0, 0.1) is 6.92 Å². The molecule has 1 amide bonds. The van der Waals surface area contributed by atoms with Gasteiger partial charge in [-0.05, 0) is 64.7 Å². The minimum absolute atomic E-state index is 0.0290. The lowest BCUT2D eigenvalue weighted by molar-refractivity contribution is 0.103. The molecule has 3 aromatic rings. The van der Waals surface area contributed by atoms with Gasteiger partial charge in [0.1, 0.15) is 0 Å². The van der Waals surface area contributed by atoms with E-state index in [1.54, 1.807) is 0 Å². The van der Waals surface area contributed by atoms with E-state index in [-0.39, 0.29) is 5.91 Å². The molecule has 0 fully saturated rings. The van der Waals surface area contributed by atoms with Crippen LogP contribution in [0.4, 0.5) is 5.69 Å². The van der Waals surface area contributed by atoms with E-state index < -0.39 is 0 Å². The summed E-state index contributed by atoms with van der Waals surface area (Å²) < 4.78 is 0. The van der Waals surface area contributed by atoms with E-state index in [0.717, 1.165) is 22.5 Å². The van der Waals surface area contributed by atoms with Crippen molar-refractivity contribution in [2.45, 2.75) is 13.3 Å². The van der Waals surface area contributed by atoms with Crippen molar-refractivity contribution in [1.29, 1.82) is 0 Å². The third-order valence-corrected chi connectivity index (χ3v) is 5.14. The van der Waals surface area contributed by atoms with Crippen LogP contribution >= 0.6 is 11.3 Å². The van der Waals surface area contributed by atoms with Gasteiger partial charge in [-0.25, -0.2) is 0 Å². The van der Waals surface area contributed by atoms with Crippen LogP contribution < -0.4 is 5.32 Å². The monoisotopic (exact) mass is 305 g/mol. The fraction of sp³-hybridized carbons (Fsp3) is 0.105. The Kier molecular flexibility index (Phi) is 3.09. The Balaban J connectivity index is 1.66. The van der Waals surface area contributed by atoms with Gasteiger partial charge in [0, 0.05) is 5.69 Å². The van der Waals surface area contributed by atoms with Crippen molar-refractivity contribution < 1.29 is 4.79 Å². The zero-order valence-electron chi connectivity index (χ0n) is 12.2. The molecule has 2 nitrogen and oxygen atoms in total. The highest BCUT2D eigenvalue weighted by molar-refractivity contribution is 7.12. The van der Waals surface area contributed by atoms with Crippen LogP contribution in [0.25, 0.3) is 11.1 Å². The van der Waals surface area contributed by atoms with Crippen LogP contribution in [0.3, 0.4) is 0 Å². The summed E-state index contributed by atoms with van der Waals surface area (Å²) in [6.07, 6.45) is 0.976. The van der Waals surface area contributed by atoms with Gasteiger partial charge in [0.15, 0.2) is 0 Å². The Hall–Kier alpha value is -2.39. The first-order valence-electron chi connectivity index (χ1n) is 7.29. The molecule has 0 radical (unpaired) electrons. The van der Waals surface area contributed by atoms with Gasteiger partial charge in [0.25, 0.3) is 5.91 Å². The molecular weight excluding hydrogens is 290 g/mol. The van der Waals surface area contributed by atoms with Gasteiger partial charge in [0.05, 0.1) is 4.88 Å². The molecule has 0 unspecified atom stereocenters. The Labute approximate surface area is 133 Å². The molecule has 1 N–H and O–H groups in total. The number of carbonyl (C=O) groups is 1. The average Bonchev–Trinajstić information content (AvgIpc) is 3.10. The minimum Gasteiger partial charge on any atom is -0.321 e. The van der Waals surface area contributed by atoms with E-state index in [1.165, 1.54) is 33.6 Å². The number of benzene rings is 2. The van der Waals surface area contributed by atoms with E-state index in [0.29, 0.717) is 0 Å². The standard InChI is InChI=1S/C19H15NOS/c1-12-8-9-22-18(12)19(21)20-15-7-6-14-10-13-4-2-3-5-16(13)17(14)11-15/h2-9,11H,10H2,1H3,(H,20,21). The maximum Gasteiger partial charge on any atom is 0.265 e. The van der Waals surface area contributed by atoms with Gasteiger partial charge in [0.2, 0.25) is 0 Å². The molecule has 108 valence electrons. The van der Waals surface area contributed by atoms with E-state index in [2.05, 4.69) is 41.7 Å². The summed E-state index contributed by atoms with van der Waals surface area (Å²) in [7, 11) is 0. The van der Waals surface area contributed by atoms with Gasteiger partial charge in [-0.2, -0.15) is 0 Å². The van der Waals surface area contributed by atoms with E-state index in [1.807, 2.05) is 24.4 Å². The fourth-order valence-electron chi connectivity index (χ4n) is 2.99. The third kappa shape index (κ3) is 2.14. The van der Waals surface area contributed by atoms with Gasteiger partial charge in [-0.1, -0.05) is 30.3 Å². The highest BCUT2D eigenvalue weighted by Gasteiger charge is 2.18. The third-order valence-electron chi connectivity index (χ3n) is 4.12. The lowest BCUT2D eigenvalue weighted by atomic mass is 10.1. The molecule has 1 heterocycles. The Morgan fingerprint density at radius 3 is 2.68 bits per heavy atom. The molecule has 0 saturated carbocycles. The summed E-state index contributed by atoms with van der Waals surface area (Å²) in [5.41, 5.74) is 7.07. The smallest absolute Gasteiger partial charge is 0.265 e. The molecule has 2 aromatic carbocycles. The van der Waals surface area contributed by atoms with Crippen LogP contribution in [-0.4, -0.2) is 5.91 Å². The van der Waals surface area contributed by atoms with Crippen molar-refractivity contribution in [1.82, 2.24) is 0 Å². The van der Waals surface area contributed by atoms with Crippen molar-refractivity contribution >= 4 is 22.9 Å². The van der Waals surface area contributed by atoms with Gasteiger partial charge in [-0.3, -0.25) is 4.79 Å². The summed E-state index contributed by atoms with van der Waals surface area (Å²) >= 11 is 1.48. The number of anilines is 1. The van der Waals surface area contributed by atoms with Gasteiger partial charge in [-0.15, -0.1) is 11.3 Å². The second kappa shape index (κ2) is 5.11. The molecule has 4 rings (SSSR count). The topological polar surface area (TPSA) is 29.1 Å². The van der Waals surface area contributed by atoms with E-state index >= 15 is 0 Å². The lowest BCUT2D eigenvalue weighted by Crippen LogP contribution is -2.11. The number of hydrogen-bond donors (Lipinski definition) is 1. The predicted molar refractivity (Wildman–Crippen MR) is 91.7 cm³/mol. The van der Waals surface area contributed by atoms with Crippen LogP contribution in [0.1, 0.15) is 26.4 Å². The van der Waals surface area contributed by atoms with Crippen LogP contribution in [0.15, 0.2) is 53.9 Å². The summed E-state index contributed by atoms with van der Waals surface area (Å²) in [6.45, 7) is 1.96. The molecule has 3 heteroatoms. The number of hydrogen-bond acceptors (Lipinski definition) is 2. The number of rotatable bonds is 2. The van der Waals surface area contributed by atoms with Gasteiger partial charge >= 0.3 is 0 Å². The zero-order valence-corrected chi connectivity index (χ0v) is 13.0. The maximum absolute atomic E-state index is 12.3. The lowest BCUT2D eigenvalue weighted by Gasteiger charge is -2.08. The fourth-order valence-corrected chi connectivity index (χ4v) is 3.81. The first-order chi connectivity index (χ1) is 10.7. The number of carbonyl (C=O) groups excluding carboxylic acids is 1. The molecule has 0 atom stereocenters. The molecule has 1 aliphatic rings. The Morgan fingerprint density at radius 1 is 1.05 bits per heavy atom. The predicted octanol–water partition coefficient (Wildman–Crippen LogP) is 4.88. The van der Waals surface area contributed by atoms with Crippen molar-refractivity contribution in [2.24, 2.45) is 0 Å². The van der Waals surface area contributed by atoms with Crippen molar-refractivity contribution in [2.75, 3.05) is 5.32 Å². The molecule has 1 aliphatic carbocycles. The molecule has 0 spiro atoms. The second-order valence-corrected chi connectivity index (χ2v) is 6.51. The number of amides is 1. The Bertz CT molecular complexity index is 879. The molecule has 0 saturated heterocycles. The highest BCUT2D eigenvalue weighted by atomic mass is 32.1. The van der Waals surface area contributed by atoms with Crippen LogP contribution in [-0.2, 0) is 6.42 Å². The van der Waals surface area contributed by atoms with Crippen LogP contribution in [0.5, 0.6) is 0 Å². The second-order valence-electron chi connectivity index (χ2n) is 5.59. The number of nitrogens with one attached hydrogen (secondary N) is 1. The molecule has 0 bridgehead atoms. The number of aryl methyl sites for hydroxylation is 1. The van der Waals surface area contributed by atoms with Gasteiger partial charge < -0.3 is 5.32 Å². The number of thiophene rings is 1. The molecular formula is C19H15NOS. The molecule has 22 heavy (non-hydrogen) atoms. The maximum atomic E-state index is 12.3.